The van der Waals surface area contributed by atoms with Crippen LogP contribution in [-0.4, -0.2) is 21.6 Å². The molecular formula is C27H22BrN3O2S. The first kappa shape index (κ1) is 22.5. The number of hydrogen-bond donors (Lipinski definition) is 1. The van der Waals surface area contributed by atoms with Crippen LogP contribution in [0.2, 0.25) is 0 Å². The first-order chi connectivity index (χ1) is 16.6. The van der Waals surface area contributed by atoms with Gasteiger partial charge in [-0.1, -0.05) is 82.3 Å². The lowest BCUT2D eigenvalue weighted by atomic mass is 10.1. The number of H-pyrrole nitrogens is 1. The first-order valence-electron chi connectivity index (χ1n) is 10.8. The number of nitrogens with zero attached hydrogens (tertiary/aromatic N) is 2. The molecule has 0 saturated carbocycles. The summed E-state index contributed by atoms with van der Waals surface area (Å²) in [5.74, 6) is 1.48. The largest absolute Gasteiger partial charge is 0.497 e. The van der Waals surface area contributed by atoms with Gasteiger partial charge in [-0.05, 0) is 41.0 Å². The van der Waals surface area contributed by atoms with Crippen molar-refractivity contribution in [3.05, 3.63) is 111 Å². The van der Waals surface area contributed by atoms with Gasteiger partial charge in [0.2, 0.25) is 0 Å². The van der Waals surface area contributed by atoms with Crippen molar-refractivity contribution in [1.82, 2.24) is 14.5 Å². The van der Waals surface area contributed by atoms with E-state index in [2.05, 4.69) is 33.0 Å². The molecule has 5 nitrogen and oxygen atoms in total. The van der Waals surface area contributed by atoms with E-state index in [1.807, 2.05) is 72.9 Å². The number of fused-ring (bicyclic) bond motifs is 1. The Hall–Kier alpha value is -3.29. The van der Waals surface area contributed by atoms with Crippen LogP contribution < -0.4 is 10.3 Å². The molecule has 0 aliphatic heterocycles. The standard InChI is InChI=1S/C27H22BrN3O2S/c1-33-22-12-10-18(11-13-22)16-31-26(32)25-24(23(15-29-25)20-7-3-2-4-8-20)30-27(31)34-17-19-6-5-9-21(28)14-19/h2-15,29H,16-17H2,1H3. The molecular weight excluding hydrogens is 510 g/mol. The molecule has 0 aliphatic carbocycles. The van der Waals surface area contributed by atoms with Crippen LogP contribution in [0, 0.1) is 0 Å². The van der Waals surface area contributed by atoms with E-state index in [0.29, 0.717) is 28.5 Å². The highest BCUT2D eigenvalue weighted by Crippen LogP contribution is 2.29. The highest BCUT2D eigenvalue weighted by atomic mass is 79.9. The van der Waals surface area contributed by atoms with Gasteiger partial charge in [0.15, 0.2) is 5.16 Å². The third-order valence-electron chi connectivity index (χ3n) is 5.59. The summed E-state index contributed by atoms with van der Waals surface area (Å²) in [6.45, 7) is 0.423. The fourth-order valence-electron chi connectivity index (χ4n) is 3.85. The fourth-order valence-corrected chi connectivity index (χ4v) is 5.23. The van der Waals surface area contributed by atoms with E-state index in [4.69, 9.17) is 9.72 Å². The summed E-state index contributed by atoms with van der Waals surface area (Å²) >= 11 is 5.10. The van der Waals surface area contributed by atoms with Crippen molar-refractivity contribution in [3.63, 3.8) is 0 Å². The number of halogens is 1. The van der Waals surface area contributed by atoms with Crippen LogP contribution in [0.15, 0.2) is 99.5 Å². The molecule has 0 radical (unpaired) electrons. The molecule has 2 heterocycles. The molecule has 0 saturated heterocycles. The molecule has 0 fully saturated rings. The molecule has 0 spiro atoms. The summed E-state index contributed by atoms with van der Waals surface area (Å²) in [5, 5.41) is 0.685. The monoisotopic (exact) mass is 531 g/mol. The lowest BCUT2D eigenvalue weighted by Gasteiger charge is -2.13. The van der Waals surface area contributed by atoms with Gasteiger partial charge in [0, 0.05) is 22.0 Å². The number of thioether (sulfide) groups is 1. The van der Waals surface area contributed by atoms with Crippen molar-refractivity contribution < 1.29 is 4.74 Å². The summed E-state index contributed by atoms with van der Waals surface area (Å²) in [6, 6.07) is 26.0. The summed E-state index contributed by atoms with van der Waals surface area (Å²) in [4.78, 5) is 21.8. The van der Waals surface area contributed by atoms with Crippen molar-refractivity contribution in [2.45, 2.75) is 17.5 Å². The Bertz CT molecular complexity index is 1490. The zero-order valence-corrected chi connectivity index (χ0v) is 20.9. The predicted molar refractivity (Wildman–Crippen MR) is 142 cm³/mol. The molecule has 1 N–H and O–H groups in total. The van der Waals surface area contributed by atoms with Crippen LogP contribution in [0.4, 0.5) is 0 Å². The Kier molecular flexibility index (Phi) is 6.56. The molecule has 34 heavy (non-hydrogen) atoms. The average molecular weight is 532 g/mol. The van der Waals surface area contributed by atoms with Crippen LogP contribution in [0.5, 0.6) is 5.75 Å². The molecule has 0 unspecified atom stereocenters. The average Bonchev–Trinajstić information content (AvgIpc) is 3.30. The van der Waals surface area contributed by atoms with Gasteiger partial charge < -0.3 is 9.72 Å². The number of aromatic nitrogens is 3. The molecule has 0 aliphatic rings. The molecule has 5 rings (SSSR count). The van der Waals surface area contributed by atoms with Crippen molar-refractivity contribution in [1.29, 1.82) is 0 Å². The fraction of sp³-hybridized carbons (Fsp3) is 0.111. The maximum Gasteiger partial charge on any atom is 0.278 e. The topological polar surface area (TPSA) is 59.9 Å². The molecule has 2 aromatic heterocycles. The van der Waals surface area contributed by atoms with Crippen molar-refractivity contribution in [2.24, 2.45) is 0 Å². The molecule has 7 heteroatoms. The summed E-state index contributed by atoms with van der Waals surface area (Å²) in [7, 11) is 1.64. The minimum atomic E-state index is -0.0836. The Morgan fingerprint density at radius 2 is 1.79 bits per heavy atom. The summed E-state index contributed by atoms with van der Waals surface area (Å²) in [5.41, 5.74) is 5.23. The maximum absolute atomic E-state index is 13.6. The maximum atomic E-state index is 13.6. The quantitative estimate of drug-likeness (QED) is 0.192. The molecule has 0 amide bonds. The smallest absolute Gasteiger partial charge is 0.278 e. The molecule has 0 bridgehead atoms. The minimum absolute atomic E-state index is 0.0836. The first-order valence-corrected chi connectivity index (χ1v) is 12.6. The Labute approximate surface area is 210 Å². The number of benzene rings is 3. The number of nitrogens with one attached hydrogen (secondary N) is 1. The molecule has 170 valence electrons. The lowest BCUT2D eigenvalue weighted by Crippen LogP contribution is -2.24. The summed E-state index contributed by atoms with van der Waals surface area (Å²) < 4.78 is 8.05. The number of aromatic amines is 1. The third-order valence-corrected chi connectivity index (χ3v) is 7.13. The predicted octanol–water partition coefficient (Wildman–Crippen LogP) is 6.50. The Morgan fingerprint density at radius 1 is 1.00 bits per heavy atom. The van der Waals surface area contributed by atoms with Gasteiger partial charge >= 0.3 is 0 Å². The van der Waals surface area contributed by atoms with Crippen LogP contribution >= 0.6 is 27.7 Å². The van der Waals surface area contributed by atoms with Crippen molar-refractivity contribution in [3.8, 4) is 16.9 Å². The van der Waals surface area contributed by atoms with E-state index in [-0.39, 0.29) is 5.56 Å². The van der Waals surface area contributed by atoms with Gasteiger partial charge in [0.1, 0.15) is 16.8 Å². The van der Waals surface area contributed by atoms with Crippen LogP contribution in [0.25, 0.3) is 22.2 Å². The highest BCUT2D eigenvalue weighted by molar-refractivity contribution is 9.10. The summed E-state index contributed by atoms with van der Waals surface area (Å²) in [6.07, 6.45) is 1.87. The van der Waals surface area contributed by atoms with E-state index in [1.54, 1.807) is 23.4 Å². The van der Waals surface area contributed by atoms with Gasteiger partial charge in [0.05, 0.1) is 13.7 Å². The second-order valence-corrected chi connectivity index (χ2v) is 9.70. The van der Waals surface area contributed by atoms with E-state index in [9.17, 15) is 4.79 Å². The zero-order valence-electron chi connectivity index (χ0n) is 18.5. The van der Waals surface area contributed by atoms with Gasteiger partial charge in [0.25, 0.3) is 5.56 Å². The number of methoxy groups -OCH3 is 1. The SMILES string of the molecule is COc1ccc(Cn2c(SCc3cccc(Br)c3)nc3c(-c4ccccc4)c[nH]c3c2=O)cc1. The number of rotatable bonds is 7. The molecule has 5 aromatic rings. The highest BCUT2D eigenvalue weighted by Gasteiger charge is 2.17. The molecule has 3 aromatic carbocycles. The zero-order chi connectivity index (χ0) is 23.5. The van der Waals surface area contributed by atoms with Gasteiger partial charge in [-0.2, -0.15) is 0 Å². The van der Waals surface area contributed by atoms with Crippen molar-refractivity contribution in [2.75, 3.05) is 7.11 Å². The van der Waals surface area contributed by atoms with Crippen molar-refractivity contribution >= 4 is 38.7 Å². The second-order valence-electron chi connectivity index (χ2n) is 7.84. The van der Waals surface area contributed by atoms with Gasteiger partial charge in [-0.15, -0.1) is 0 Å². The second kappa shape index (κ2) is 9.91. The number of ether oxygens (including phenoxy) is 1. The lowest BCUT2D eigenvalue weighted by molar-refractivity contribution is 0.414. The van der Waals surface area contributed by atoms with E-state index < -0.39 is 0 Å². The van der Waals surface area contributed by atoms with E-state index in [1.165, 1.54) is 0 Å². The minimum Gasteiger partial charge on any atom is -0.497 e. The van der Waals surface area contributed by atoms with Gasteiger partial charge in [-0.3, -0.25) is 9.36 Å². The van der Waals surface area contributed by atoms with Crippen LogP contribution in [0.3, 0.4) is 0 Å². The van der Waals surface area contributed by atoms with Gasteiger partial charge in [-0.25, -0.2) is 4.98 Å². The third kappa shape index (κ3) is 4.67. The van der Waals surface area contributed by atoms with E-state index in [0.717, 1.165) is 32.5 Å². The number of hydrogen-bond acceptors (Lipinski definition) is 4. The van der Waals surface area contributed by atoms with Crippen LogP contribution in [0.1, 0.15) is 11.1 Å². The Balaban J connectivity index is 1.59. The normalized spacial score (nSPS) is 11.1. The van der Waals surface area contributed by atoms with E-state index >= 15 is 0 Å². The Morgan fingerprint density at radius 3 is 2.53 bits per heavy atom. The van der Waals surface area contributed by atoms with Crippen LogP contribution in [-0.2, 0) is 12.3 Å². The molecule has 0 atom stereocenters.